The molecule has 0 saturated carbocycles. The zero-order valence-corrected chi connectivity index (χ0v) is 39.2. The first-order valence-corrected chi connectivity index (χ1v) is 24.6. The number of allylic oxidation sites excluding steroid dienone is 4. The second-order valence-electron chi connectivity index (χ2n) is 17.9. The van der Waals surface area contributed by atoms with Gasteiger partial charge in [0.2, 0.25) is 5.91 Å². The molecule has 386 valence electrons. The van der Waals surface area contributed by atoms with Gasteiger partial charge < -0.3 is 89.9 Å². The highest BCUT2D eigenvalue weighted by Crippen LogP contribution is 2.33. The van der Waals surface area contributed by atoms with Crippen molar-refractivity contribution in [3.63, 3.8) is 0 Å². The van der Waals surface area contributed by atoms with Gasteiger partial charge in [0.1, 0.15) is 73.2 Å². The van der Waals surface area contributed by atoms with E-state index >= 15 is 0 Å². The fourth-order valence-electron chi connectivity index (χ4n) is 8.33. The van der Waals surface area contributed by atoms with E-state index in [9.17, 15) is 61.0 Å². The van der Waals surface area contributed by atoms with Crippen molar-refractivity contribution in [1.82, 2.24) is 5.32 Å². The average molecular weight is 952 g/mol. The Morgan fingerprint density at radius 2 is 1.02 bits per heavy atom. The van der Waals surface area contributed by atoms with E-state index < -0.39 is 124 Å². The van der Waals surface area contributed by atoms with Gasteiger partial charge >= 0.3 is 0 Å². The average Bonchev–Trinajstić information content (AvgIpc) is 3.31. The monoisotopic (exact) mass is 952 g/mol. The molecule has 3 rings (SSSR count). The maximum atomic E-state index is 13.1. The number of nitrogens with one attached hydrogen (secondary N) is 1. The Morgan fingerprint density at radius 1 is 0.545 bits per heavy atom. The largest absolute Gasteiger partial charge is 0.394 e. The zero-order chi connectivity index (χ0) is 48.4. The second kappa shape index (κ2) is 33.0. The van der Waals surface area contributed by atoms with Crippen LogP contribution < -0.4 is 5.32 Å². The maximum Gasteiger partial charge on any atom is 0.220 e. The van der Waals surface area contributed by atoms with Gasteiger partial charge in [0, 0.05) is 6.42 Å². The van der Waals surface area contributed by atoms with Gasteiger partial charge in [-0.15, -0.1) is 0 Å². The van der Waals surface area contributed by atoms with E-state index in [-0.39, 0.29) is 18.9 Å². The van der Waals surface area contributed by atoms with E-state index in [1.807, 2.05) is 0 Å². The minimum Gasteiger partial charge on any atom is -0.394 e. The molecule has 17 unspecified atom stereocenters. The van der Waals surface area contributed by atoms with E-state index in [1.54, 1.807) is 0 Å². The van der Waals surface area contributed by atoms with Crippen molar-refractivity contribution in [3.05, 3.63) is 24.3 Å². The molecule has 1 amide bonds. The molecule has 12 N–H and O–H groups in total. The predicted octanol–water partition coefficient (Wildman–Crippen LogP) is 0.861. The van der Waals surface area contributed by atoms with Gasteiger partial charge in [-0.05, 0) is 38.5 Å². The fraction of sp³-hybridized carbons (Fsp3) is 0.894. The molecule has 0 aromatic carbocycles. The lowest BCUT2D eigenvalue weighted by molar-refractivity contribution is -0.379. The SMILES string of the molecule is CCCC/C=C\C/C=C\CCCCCCCC(=O)NC(COC1OC(CO)C(OC2OC(CO)C(OC3OC(CO)C(O)C(O)C3O)C(O)C2O)C(O)C1O)C(O)CCCCCCCCC. The number of hydrogen-bond acceptors (Lipinski definition) is 18. The predicted molar refractivity (Wildman–Crippen MR) is 240 cm³/mol. The summed E-state index contributed by atoms with van der Waals surface area (Å²) in [7, 11) is 0. The Kier molecular flexibility index (Phi) is 29.3. The number of carbonyl (C=O) groups excluding carboxylic acids is 1. The van der Waals surface area contributed by atoms with Crippen LogP contribution in [0.1, 0.15) is 136 Å². The molecule has 0 aromatic heterocycles. The number of rotatable bonds is 33. The third-order valence-corrected chi connectivity index (χ3v) is 12.5. The van der Waals surface area contributed by atoms with Crippen molar-refractivity contribution in [2.75, 3.05) is 26.4 Å². The van der Waals surface area contributed by atoms with Crippen LogP contribution in [0.5, 0.6) is 0 Å². The highest BCUT2D eigenvalue weighted by Gasteiger charge is 2.53. The van der Waals surface area contributed by atoms with Crippen LogP contribution in [0.15, 0.2) is 24.3 Å². The van der Waals surface area contributed by atoms with Crippen molar-refractivity contribution < 1.29 is 89.4 Å². The molecule has 0 bridgehead atoms. The number of aliphatic hydroxyl groups excluding tert-OH is 11. The Bertz CT molecular complexity index is 1330. The van der Waals surface area contributed by atoms with Crippen LogP contribution in [0.25, 0.3) is 0 Å². The van der Waals surface area contributed by atoms with Crippen LogP contribution >= 0.6 is 0 Å². The van der Waals surface area contributed by atoms with Gasteiger partial charge in [0.05, 0.1) is 38.6 Å². The lowest BCUT2D eigenvalue weighted by Gasteiger charge is -2.48. The van der Waals surface area contributed by atoms with Gasteiger partial charge in [-0.1, -0.05) is 115 Å². The maximum absolute atomic E-state index is 13.1. The number of ether oxygens (including phenoxy) is 6. The van der Waals surface area contributed by atoms with E-state index in [0.717, 1.165) is 83.5 Å². The summed E-state index contributed by atoms with van der Waals surface area (Å²) >= 11 is 0. The fourth-order valence-corrected chi connectivity index (χ4v) is 8.33. The molecule has 0 spiro atoms. The lowest BCUT2D eigenvalue weighted by atomic mass is 9.96. The summed E-state index contributed by atoms with van der Waals surface area (Å²) in [6.45, 7) is 1.62. The standard InChI is InChI=1S/C47H85NO18/c1-3-5-7-9-11-12-13-14-15-16-17-19-21-23-25-35(53)48-30(31(52)24-22-20-18-10-8-6-4-2)29-61-45-41(59)38(56)43(33(27-50)63-45)66-47-42(60)39(57)44(34(28-51)64-47)65-46-40(58)37(55)36(54)32(26-49)62-46/h9,11,13-14,30-34,36-47,49-52,54-60H,3-8,10,12,15-29H2,1-2H3,(H,48,53)/b11-9-,14-13-. The van der Waals surface area contributed by atoms with Crippen LogP contribution in [0.4, 0.5) is 0 Å². The third-order valence-electron chi connectivity index (χ3n) is 12.5. The molecule has 19 nitrogen and oxygen atoms in total. The summed E-state index contributed by atoms with van der Waals surface area (Å²) < 4.78 is 34.0. The quantitative estimate of drug-likeness (QED) is 0.0321. The van der Waals surface area contributed by atoms with Crippen molar-refractivity contribution in [1.29, 1.82) is 0 Å². The van der Waals surface area contributed by atoms with E-state index in [0.29, 0.717) is 12.8 Å². The van der Waals surface area contributed by atoms with Crippen molar-refractivity contribution in [2.24, 2.45) is 0 Å². The van der Waals surface area contributed by atoms with E-state index in [4.69, 9.17) is 28.4 Å². The molecule has 3 aliphatic rings. The second-order valence-corrected chi connectivity index (χ2v) is 17.9. The molecule has 0 radical (unpaired) electrons. The molecule has 3 aliphatic heterocycles. The topological polar surface area (TPSA) is 307 Å². The molecule has 3 saturated heterocycles. The van der Waals surface area contributed by atoms with Crippen LogP contribution in [-0.4, -0.2) is 193 Å². The highest BCUT2D eigenvalue weighted by molar-refractivity contribution is 5.76. The number of unbranched alkanes of at least 4 members (excludes halogenated alkanes) is 13. The molecule has 3 heterocycles. The molecule has 66 heavy (non-hydrogen) atoms. The normalized spacial score (nSPS) is 34.0. The summed E-state index contributed by atoms with van der Waals surface area (Å²) in [6.07, 6.45) is 0.401. The number of carbonyl (C=O) groups is 1. The first-order chi connectivity index (χ1) is 31.8. The molecule has 0 aromatic rings. The molecule has 17 atom stereocenters. The van der Waals surface area contributed by atoms with Gasteiger partial charge in [0.25, 0.3) is 0 Å². The molecule has 3 fully saturated rings. The van der Waals surface area contributed by atoms with Crippen molar-refractivity contribution in [3.8, 4) is 0 Å². The van der Waals surface area contributed by atoms with Crippen molar-refractivity contribution >= 4 is 5.91 Å². The smallest absolute Gasteiger partial charge is 0.220 e. The third kappa shape index (κ3) is 19.2. The minimum absolute atomic E-state index is 0.249. The number of aliphatic hydroxyl groups is 11. The Labute approximate surface area is 390 Å². The molecular formula is C47H85NO18. The van der Waals surface area contributed by atoms with Crippen LogP contribution in [-0.2, 0) is 33.2 Å². The number of amides is 1. The lowest BCUT2D eigenvalue weighted by Crippen LogP contribution is -2.66. The highest BCUT2D eigenvalue weighted by atomic mass is 16.8. The molecular weight excluding hydrogens is 867 g/mol. The van der Waals surface area contributed by atoms with Crippen LogP contribution in [0.3, 0.4) is 0 Å². The summed E-state index contributed by atoms with van der Waals surface area (Å²) in [6, 6.07) is -0.888. The summed E-state index contributed by atoms with van der Waals surface area (Å²) in [4.78, 5) is 13.1. The Hall–Kier alpha value is -1.73. The van der Waals surface area contributed by atoms with Crippen LogP contribution in [0.2, 0.25) is 0 Å². The zero-order valence-electron chi connectivity index (χ0n) is 39.2. The van der Waals surface area contributed by atoms with Gasteiger partial charge in [-0.25, -0.2) is 0 Å². The summed E-state index contributed by atoms with van der Waals surface area (Å²) in [5, 5.41) is 119. The van der Waals surface area contributed by atoms with E-state index in [1.165, 1.54) is 19.3 Å². The Balaban J connectivity index is 1.55. The summed E-state index contributed by atoms with van der Waals surface area (Å²) in [5.74, 6) is -0.265. The van der Waals surface area contributed by atoms with Gasteiger partial charge in [-0.2, -0.15) is 0 Å². The first kappa shape index (κ1) is 58.6. The number of hydrogen-bond donors (Lipinski definition) is 12. The Morgan fingerprint density at radius 3 is 1.59 bits per heavy atom. The van der Waals surface area contributed by atoms with Gasteiger partial charge in [-0.3, -0.25) is 4.79 Å². The molecule has 19 heteroatoms. The summed E-state index contributed by atoms with van der Waals surface area (Å²) in [5.41, 5.74) is 0. The first-order valence-electron chi connectivity index (χ1n) is 24.6. The van der Waals surface area contributed by atoms with Gasteiger partial charge in [0.15, 0.2) is 18.9 Å². The minimum atomic E-state index is -1.97. The van der Waals surface area contributed by atoms with Crippen molar-refractivity contribution in [2.45, 2.75) is 240 Å². The molecule has 0 aliphatic carbocycles. The van der Waals surface area contributed by atoms with Crippen LogP contribution in [0, 0.1) is 0 Å². The van der Waals surface area contributed by atoms with E-state index in [2.05, 4.69) is 43.5 Å².